The molecular formula is C19H21N3O5. The fourth-order valence-electron chi connectivity index (χ4n) is 2.56. The highest BCUT2D eigenvalue weighted by molar-refractivity contribution is 6.05. The molecule has 0 radical (unpaired) electrons. The normalized spacial score (nSPS) is 12.8. The molecule has 0 saturated carbocycles. The maximum atomic E-state index is 12.8. The molecule has 1 unspecified atom stereocenters. The topological polar surface area (TPSA) is 107 Å². The summed E-state index contributed by atoms with van der Waals surface area (Å²) in [6.07, 6.45) is 0.538. The number of furan rings is 1. The molecule has 1 N–H and O–H groups in total. The van der Waals surface area contributed by atoms with E-state index in [1.54, 1.807) is 25.1 Å². The van der Waals surface area contributed by atoms with E-state index in [9.17, 15) is 9.59 Å². The van der Waals surface area contributed by atoms with E-state index >= 15 is 0 Å². The third kappa shape index (κ3) is 3.99. The van der Waals surface area contributed by atoms with Crippen molar-refractivity contribution >= 4 is 23.0 Å². The number of pyridine rings is 1. The van der Waals surface area contributed by atoms with Crippen LogP contribution < -0.4 is 5.32 Å². The first kappa shape index (κ1) is 18.6. The summed E-state index contributed by atoms with van der Waals surface area (Å²) in [6, 6.07) is 4.97. The number of nitrogens with one attached hydrogen (secondary N) is 1. The van der Waals surface area contributed by atoms with E-state index in [1.165, 1.54) is 13.2 Å². The Morgan fingerprint density at radius 2 is 2.04 bits per heavy atom. The lowest BCUT2D eigenvalue weighted by Gasteiger charge is -2.23. The predicted molar refractivity (Wildman–Crippen MR) is 97.0 cm³/mol. The Labute approximate surface area is 155 Å². The molecule has 27 heavy (non-hydrogen) atoms. The van der Waals surface area contributed by atoms with Gasteiger partial charge in [0.25, 0.3) is 11.6 Å². The minimum atomic E-state index is -0.966. The lowest BCUT2D eigenvalue weighted by molar-refractivity contribution is -0.130. The molecule has 3 aromatic rings. The first-order valence-corrected chi connectivity index (χ1v) is 8.49. The summed E-state index contributed by atoms with van der Waals surface area (Å²) in [7, 11) is 0. The third-order valence-electron chi connectivity index (χ3n) is 3.76. The van der Waals surface area contributed by atoms with Gasteiger partial charge in [-0.1, -0.05) is 5.16 Å². The SMILES string of the molecule is Cc1noc2nc(-c3ccco3)cc(C(=O)OC(C)C(=O)NC(C)(C)C)c12. The molecule has 0 saturated heterocycles. The number of rotatable bonds is 4. The fourth-order valence-corrected chi connectivity index (χ4v) is 2.56. The Hall–Kier alpha value is -3.16. The van der Waals surface area contributed by atoms with Crippen molar-refractivity contribution in [3.63, 3.8) is 0 Å². The van der Waals surface area contributed by atoms with Gasteiger partial charge in [-0.2, -0.15) is 0 Å². The Morgan fingerprint density at radius 3 is 2.67 bits per heavy atom. The number of hydrogen-bond donors (Lipinski definition) is 1. The minimum absolute atomic E-state index is 0.195. The van der Waals surface area contributed by atoms with Crippen LogP contribution >= 0.6 is 0 Å². The number of aryl methyl sites for hydroxylation is 1. The summed E-state index contributed by atoms with van der Waals surface area (Å²) < 4.78 is 15.9. The molecule has 0 aromatic carbocycles. The molecule has 3 aromatic heterocycles. The second-order valence-electron chi connectivity index (χ2n) is 7.27. The van der Waals surface area contributed by atoms with Crippen LogP contribution in [-0.4, -0.2) is 33.7 Å². The first-order valence-electron chi connectivity index (χ1n) is 8.49. The van der Waals surface area contributed by atoms with Crippen LogP contribution in [0.4, 0.5) is 0 Å². The van der Waals surface area contributed by atoms with Gasteiger partial charge in [-0.05, 0) is 52.8 Å². The average Bonchev–Trinajstić information content (AvgIpc) is 3.22. The van der Waals surface area contributed by atoms with Gasteiger partial charge in [0.05, 0.1) is 22.9 Å². The van der Waals surface area contributed by atoms with Gasteiger partial charge >= 0.3 is 5.97 Å². The molecule has 8 nitrogen and oxygen atoms in total. The van der Waals surface area contributed by atoms with Gasteiger partial charge in [-0.3, -0.25) is 4.79 Å². The van der Waals surface area contributed by atoms with Gasteiger partial charge in [-0.15, -0.1) is 0 Å². The van der Waals surface area contributed by atoms with Crippen molar-refractivity contribution in [2.45, 2.75) is 46.3 Å². The number of hydrogen-bond acceptors (Lipinski definition) is 7. The number of amides is 1. The van der Waals surface area contributed by atoms with E-state index < -0.39 is 17.6 Å². The highest BCUT2D eigenvalue weighted by Gasteiger charge is 2.26. The molecule has 0 aliphatic carbocycles. The Balaban J connectivity index is 1.94. The van der Waals surface area contributed by atoms with E-state index in [-0.39, 0.29) is 17.2 Å². The average molecular weight is 371 g/mol. The van der Waals surface area contributed by atoms with Crippen LogP contribution in [0.2, 0.25) is 0 Å². The molecule has 142 valence electrons. The van der Waals surface area contributed by atoms with Crippen LogP contribution in [0.5, 0.6) is 0 Å². The van der Waals surface area contributed by atoms with Crippen LogP contribution in [0.1, 0.15) is 43.7 Å². The summed E-state index contributed by atoms with van der Waals surface area (Å²) in [6.45, 7) is 8.77. The lowest BCUT2D eigenvalue weighted by atomic mass is 10.1. The summed E-state index contributed by atoms with van der Waals surface area (Å²) in [5.41, 5.74) is 0.879. The number of carbonyl (C=O) groups excluding carboxylic acids is 2. The van der Waals surface area contributed by atoms with Gasteiger partial charge in [0, 0.05) is 5.54 Å². The number of nitrogens with zero attached hydrogens (tertiary/aromatic N) is 2. The van der Waals surface area contributed by atoms with Crippen molar-refractivity contribution in [1.82, 2.24) is 15.5 Å². The van der Waals surface area contributed by atoms with Crippen molar-refractivity contribution in [3.8, 4) is 11.5 Å². The van der Waals surface area contributed by atoms with Gasteiger partial charge in [-0.25, -0.2) is 9.78 Å². The molecule has 0 aliphatic rings. The number of carbonyl (C=O) groups is 2. The summed E-state index contributed by atoms with van der Waals surface area (Å²) >= 11 is 0. The van der Waals surface area contributed by atoms with E-state index in [2.05, 4.69) is 15.5 Å². The molecule has 1 amide bonds. The highest BCUT2D eigenvalue weighted by Crippen LogP contribution is 2.28. The number of esters is 1. The number of ether oxygens (including phenoxy) is 1. The standard InChI is InChI=1S/C19H21N3O5/c1-10-15-12(18(24)26-11(2)16(23)21-19(3,4)5)9-13(14-7-6-8-25-14)20-17(15)27-22-10/h6-9,11H,1-5H3,(H,21,23). The lowest BCUT2D eigenvalue weighted by Crippen LogP contribution is -2.46. The van der Waals surface area contributed by atoms with Crippen LogP contribution in [0.15, 0.2) is 33.4 Å². The molecular weight excluding hydrogens is 350 g/mol. The van der Waals surface area contributed by atoms with Crippen LogP contribution in [0.25, 0.3) is 22.6 Å². The minimum Gasteiger partial charge on any atom is -0.463 e. The number of aromatic nitrogens is 2. The zero-order valence-corrected chi connectivity index (χ0v) is 15.8. The Kier molecular flexibility index (Phi) is 4.73. The van der Waals surface area contributed by atoms with Crippen molar-refractivity contribution in [1.29, 1.82) is 0 Å². The van der Waals surface area contributed by atoms with Crippen LogP contribution in [-0.2, 0) is 9.53 Å². The molecule has 8 heteroatoms. The van der Waals surface area contributed by atoms with E-state index in [0.29, 0.717) is 22.5 Å². The van der Waals surface area contributed by atoms with E-state index in [4.69, 9.17) is 13.7 Å². The van der Waals surface area contributed by atoms with Gasteiger partial charge in [0.2, 0.25) is 0 Å². The predicted octanol–water partition coefficient (Wildman–Crippen LogP) is 3.25. The Morgan fingerprint density at radius 1 is 1.30 bits per heavy atom. The second kappa shape index (κ2) is 6.86. The summed E-state index contributed by atoms with van der Waals surface area (Å²) in [4.78, 5) is 29.3. The third-order valence-corrected chi connectivity index (χ3v) is 3.76. The zero-order chi connectivity index (χ0) is 19.8. The molecule has 0 aliphatic heterocycles. The van der Waals surface area contributed by atoms with Crippen molar-refractivity contribution in [3.05, 3.63) is 35.7 Å². The number of fused-ring (bicyclic) bond motifs is 1. The molecule has 0 fully saturated rings. The molecule has 1 atom stereocenters. The van der Waals surface area contributed by atoms with Crippen molar-refractivity contribution in [2.75, 3.05) is 0 Å². The smallest absolute Gasteiger partial charge is 0.339 e. The maximum absolute atomic E-state index is 12.8. The zero-order valence-electron chi connectivity index (χ0n) is 15.8. The molecule has 0 spiro atoms. The van der Waals surface area contributed by atoms with E-state index in [0.717, 1.165) is 0 Å². The summed E-state index contributed by atoms with van der Waals surface area (Å²) in [5, 5.41) is 7.09. The van der Waals surface area contributed by atoms with Gasteiger partial charge < -0.3 is 19.0 Å². The summed E-state index contributed by atoms with van der Waals surface area (Å²) in [5.74, 6) is -0.578. The largest absolute Gasteiger partial charge is 0.463 e. The van der Waals surface area contributed by atoms with Crippen molar-refractivity contribution in [2.24, 2.45) is 0 Å². The maximum Gasteiger partial charge on any atom is 0.339 e. The van der Waals surface area contributed by atoms with Crippen LogP contribution in [0, 0.1) is 6.92 Å². The van der Waals surface area contributed by atoms with Gasteiger partial charge in [0.15, 0.2) is 11.9 Å². The van der Waals surface area contributed by atoms with Crippen LogP contribution in [0.3, 0.4) is 0 Å². The molecule has 0 bridgehead atoms. The quantitative estimate of drug-likeness (QED) is 0.701. The van der Waals surface area contributed by atoms with Gasteiger partial charge in [0.1, 0.15) is 5.69 Å². The monoisotopic (exact) mass is 371 g/mol. The highest BCUT2D eigenvalue weighted by atomic mass is 16.5. The first-order chi connectivity index (χ1) is 12.7. The second-order valence-corrected chi connectivity index (χ2v) is 7.27. The fraction of sp³-hybridized carbons (Fsp3) is 0.368. The van der Waals surface area contributed by atoms with E-state index in [1.807, 2.05) is 20.8 Å². The molecule has 3 rings (SSSR count). The van der Waals surface area contributed by atoms with Crippen molar-refractivity contribution < 1.29 is 23.3 Å². The Bertz CT molecular complexity index is 983. The molecule has 3 heterocycles.